The number of rotatable bonds is 3. The molecule has 0 unspecified atom stereocenters. The number of benzene rings is 1. The lowest BCUT2D eigenvalue weighted by atomic mass is 10.2. The smallest absolute Gasteiger partial charge is 0.234 e. The molecule has 2 aromatic heterocycles. The molecule has 2 amide bonds. The van der Waals surface area contributed by atoms with E-state index in [0.717, 1.165) is 17.5 Å². The summed E-state index contributed by atoms with van der Waals surface area (Å²) in [6.07, 6.45) is 1.60. The van der Waals surface area contributed by atoms with Gasteiger partial charge in [0.25, 0.3) is 0 Å². The van der Waals surface area contributed by atoms with Crippen molar-refractivity contribution in [2.24, 2.45) is 0 Å². The van der Waals surface area contributed by atoms with Gasteiger partial charge in [-0.1, -0.05) is 12.1 Å². The molecule has 0 spiro atoms. The summed E-state index contributed by atoms with van der Waals surface area (Å²) in [5.74, 6) is 1.35. The summed E-state index contributed by atoms with van der Waals surface area (Å²) in [5, 5.41) is 2.54. The highest BCUT2D eigenvalue weighted by Crippen LogP contribution is 2.31. The van der Waals surface area contributed by atoms with Gasteiger partial charge in [0.05, 0.1) is 23.1 Å². The van der Waals surface area contributed by atoms with Crippen molar-refractivity contribution in [3.05, 3.63) is 35.3 Å². The fourth-order valence-electron chi connectivity index (χ4n) is 3.73. The van der Waals surface area contributed by atoms with Crippen LogP contribution in [0.2, 0.25) is 0 Å². The van der Waals surface area contributed by atoms with Crippen LogP contribution in [0.5, 0.6) is 0 Å². The summed E-state index contributed by atoms with van der Waals surface area (Å²) < 4.78 is 0. The van der Waals surface area contributed by atoms with Crippen molar-refractivity contribution in [3.8, 4) is 0 Å². The summed E-state index contributed by atoms with van der Waals surface area (Å²) in [5.41, 5.74) is 2.26. The topological polar surface area (TPSA) is 82.5 Å². The minimum Gasteiger partial charge on any atom is -0.355 e. The van der Waals surface area contributed by atoms with E-state index in [0.29, 0.717) is 48.5 Å². The zero-order valence-corrected chi connectivity index (χ0v) is 16.9. The van der Waals surface area contributed by atoms with Gasteiger partial charge in [-0.3, -0.25) is 19.4 Å². The molecule has 0 bridgehead atoms. The average molecular weight is 408 g/mol. The molecule has 0 atom stereocenters. The van der Waals surface area contributed by atoms with Crippen LogP contribution in [0.1, 0.15) is 18.5 Å². The Bertz CT molecular complexity index is 1110. The predicted molar refractivity (Wildman–Crippen MR) is 113 cm³/mol. The first-order chi connectivity index (χ1) is 14.1. The van der Waals surface area contributed by atoms with E-state index in [9.17, 15) is 9.59 Å². The monoisotopic (exact) mass is 408 g/mol. The standard InChI is InChI=1S/C20H20N6O2S/c1-24-9-10-25(19-18(24)22-14-5-2-3-6-15(14)23-19)17(28)11-13-12-29-20(21-13)26-8-4-7-16(26)27/h2-3,5-6,12H,4,7-11H2,1H3. The normalized spacial score (nSPS) is 16.6. The number of hydrogen-bond acceptors (Lipinski definition) is 7. The van der Waals surface area contributed by atoms with E-state index < -0.39 is 0 Å². The molecule has 0 radical (unpaired) electrons. The van der Waals surface area contributed by atoms with Crippen LogP contribution in [0.25, 0.3) is 11.0 Å². The molecule has 148 valence electrons. The fourth-order valence-corrected chi connectivity index (χ4v) is 4.59. The first-order valence-electron chi connectivity index (χ1n) is 9.63. The first kappa shape index (κ1) is 18.0. The number of para-hydroxylation sites is 2. The summed E-state index contributed by atoms with van der Waals surface area (Å²) in [4.78, 5) is 44.4. The molecule has 1 fully saturated rings. The van der Waals surface area contributed by atoms with Crippen molar-refractivity contribution < 1.29 is 9.59 Å². The third kappa shape index (κ3) is 3.21. The summed E-state index contributed by atoms with van der Waals surface area (Å²) in [6, 6.07) is 7.67. The van der Waals surface area contributed by atoms with E-state index in [1.165, 1.54) is 11.3 Å². The zero-order chi connectivity index (χ0) is 20.0. The highest BCUT2D eigenvalue weighted by atomic mass is 32.1. The number of anilines is 3. The molecule has 8 nitrogen and oxygen atoms in total. The maximum Gasteiger partial charge on any atom is 0.234 e. The molecule has 0 aliphatic carbocycles. The Morgan fingerprint density at radius 1 is 1.07 bits per heavy atom. The van der Waals surface area contributed by atoms with Crippen molar-refractivity contribution in [2.45, 2.75) is 19.3 Å². The summed E-state index contributed by atoms with van der Waals surface area (Å²) >= 11 is 1.41. The van der Waals surface area contributed by atoms with Gasteiger partial charge < -0.3 is 4.90 Å². The van der Waals surface area contributed by atoms with Crippen LogP contribution in [0.3, 0.4) is 0 Å². The third-order valence-electron chi connectivity index (χ3n) is 5.29. The molecule has 4 heterocycles. The Labute approximate surface area is 171 Å². The van der Waals surface area contributed by atoms with E-state index >= 15 is 0 Å². The Balaban J connectivity index is 1.41. The van der Waals surface area contributed by atoms with E-state index in [4.69, 9.17) is 9.97 Å². The van der Waals surface area contributed by atoms with E-state index in [-0.39, 0.29) is 18.2 Å². The highest BCUT2D eigenvalue weighted by molar-refractivity contribution is 7.14. The Morgan fingerprint density at radius 2 is 1.83 bits per heavy atom. The number of fused-ring (bicyclic) bond motifs is 2. The summed E-state index contributed by atoms with van der Waals surface area (Å²) in [7, 11) is 1.96. The van der Waals surface area contributed by atoms with Crippen molar-refractivity contribution >= 4 is 51.0 Å². The van der Waals surface area contributed by atoms with Crippen molar-refractivity contribution in [3.63, 3.8) is 0 Å². The lowest BCUT2D eigenvalue weighted by Crippen LogP contribution is -2.44. The van der Waals surface area contributed by atoms with Crippen molar-refractivity contribution in [1.82, 2.24) is 15.0 Å². The third-order valence-corrected chi connectivity index (χ3v) is 6.20. The molecule has 0 N–H and O–H groups in total. The van der Waals surface area contributed by atoms with Gasteiger partial charge in [-0.05, 0) is 18.6 Å². The van der Waals surface area contributed by atoms with E-state index in [1.807, 2.05) is 41.6 Å². The van der Waals surface area contributed by atoms with Gasteiger partial charge in [0.15, 0.2) is 16.8 Å². The number of thiazole rings is 1. The average Bonchev–Trinajstić information content (AvgIpc) is 3.35. The second kappa shape index (κ2) is 7.07. The zero-order valence-electron chi connectivity index (χ0n) is 16.0. The van der Waals surface area contributed by atoms with Gasteiger partial charge in [0.1, 0.15) is 0 Å². The number of nitrogens with zero attached hydrogens (tertiary/aromatic N) is 6. The number of likely N-dealkylation sites (N-methyl/N-ethyl adjacent to an activating group) is 1. The van der Waals surface area contributed by atoms with Crippen molar-refractivity contribution in [1.29, 1.82) is 0 Å². The Hall–Kier alpha value is -3.07. The SMILES string of the molecule is CN1CCN(C(=O)Cc2csc(N3CCCC3=O)n2)c2nc3ccccc3nc21. The second-order valence-electron chi connectivity index (χ2n) is 7.27. The van der Waals surface area contributed by atoms with Gasteiger partial charge in [-0.25, -0.2) is 15.0 Å². The number of amides is 2. The number of hydrogen-bond donors (Lipinski definition) is 0. The van der Waals surface area contributed by atoms with Gasteiger partial charge >= 0.3 is 0 Å². The van der Waals surface area contributed by atoms with Crippen LogP contribution < -0.4 is 14.7 Å². The van der Waals surface area contributed by atoms with Crippen molar-refractivity contribution in [2.75, 3.05) is 41.4 Å². The molecule has 9 heteroatoms. The fraction of sp³-hybridized carbons (Fsp3) is 0.350. The van der Waals surface area contributed by atoms with E-state index in [1.54, 1.807) is 9.80 Å². The van der Waals surface area contributed by atoms with E-state index in [2.05, 4.69) is 4.98 Å². The van der Waals surface area contributed by atoms with Gasteiger partial charge in [-0.15, -0.1) is 11.3 Å². The van der Waals surface area contributed by atoms with Crippen LogP contribution in [0, 0.1) is 0 Å². The molecule has 3 aromatic rings. The van der Waals surface area contributed by atoms with Gasteiger partial charge in [-0.2, -0.15) is 0 Å². The molecular weight excluding hydrogens is 388 g/mol. The quantitative estimate of drug-likeness (QED) is 0.661. The minimum absolute atomic E-state index is 0.0615. The van der Waals surface area contributed by atoms with Crippen LogP contribution in [-0.2, 0) is 16.0 Å². The maximum atomic E-state index is 13.1. The lowest BCUT2D eigenvalue weighted by Gasteiger charge is -2.33. The number of carbonyl (C=O) groups excluding carboxylic acids is 2. The first-order valence-corrected chi connectivity index (χ1v) is 10.5. The molecule has 2 aliphatic rings. The Kier molecular flexibility index (Phi) is 4.39. The molecule has 1 aromatic carbocycles. The summed E-state index contributed by atoms with van der Waals surface area (Å²) in [6.45, 7) is 1.95. The second-order valence-corrected chi connectivity index (χ2v) is 8.11. The molecule has 0 saturated carbocycles. The lowest BCUT2D eigenvalue weighted by molar-refractivity contribution is -0.118. The maximum absolute atomic E-state index is 13.1. The molecular formula is C20H20N6O2S. The molecule has 2 aliphatic heterocycles. The number of carbonyl (C=O) groups is 2. The van der Waals surface area contributed by atoms with Crippen LogP contribution in [0.15, 0.2) is 29.6 Å². The predicted octanol–water partition coefficient (Wildman–Crippen LogP) is 2.24. The number of aromatic nitrogens is 3. The minimum atomic E-state index is -0.0615. The van der Waals surface area contributed by atoms with Gasteiger partial charge in [0.2, 0.25) is 11.8 Å². The highest BCUT2D eigenvalue weighted by Gasteiger charge is 2.29. The molecule has 1 saturated heterocycles. The molecule has 29 heavy (non-hydrogen) atoms. The van der Waals surface area contributed by atoms with Crippen LogP contribution >= 0.6 is 11.3 Å². The van der Waals surface area contributed by atoms with Crippen LogP contribution in [0.4, 0.5) is 16.8 Å². The van der Waals surface area contributed by atoms with Crippen LogP contribution in [-0.4, -0.2) is 53.4 Å². The molecule has 5 rings (SSSR count). The Morgan fingerprint density at radius 3 is 2.55 bits per heavy atom. The van der Waals surface area contributed by atoms with Gasteiger partial charge in [0, 0.05) is 38.5 Å². The largest absolute Gasteiger partial charge is 0.355 e.